The third-order valence-electron chi connectivity index (χ3n) is 3.54. The fraction of sp³-hybridized carbons (Fsp3) is 0.556. The molecule has 0 aliphatic carbocycles. The molecule has 0 bridgehead atoms. The monoisotopic (exact) mass is 291 g/mol. The van der Waals surface area contributed by atoms with E-state index in [1.807, 2.05) is 18.2 Å². The third kappa shape index (κ3) is 6.67. The average molecular weight is 291 g/mol. The standard InChI is InChI=1S/C18H29NO2/c1-5-9-16-10-11-17(18(14-16)20-4)21-13-8-7-12-19-15(3)6-2/h5,10-11,14-15,19H,1,6-9,12-13H2,2-4H3/t15-/m0/s1. The Morgan fingerprint density at radius 1 is 1.29 bits per heavy atom. The number of ether oxygens (including phenoxy) is 2. The zero-order chi connectivity index (χ0) is 15.5. The normalized spacial score (nSPS) is 12.0. The van der Waals surface area contributed by atoms with Crippen LogP contribution in [0.4, 0.5) is 0 Å². The summed E-state index contributed by atoms with van der Waals surface area (Å²) in [6.07, 6.45) is 6.07. The lowest BCUT2D eigenvalue weighted by Crippen LogP contribution is -2.26. The van der Waals surface area contributed by atoms with Crippen molar-refractivity contribution >= 4 is 0 Å². The highest BCUT2D eigenvalue weighted by molar-refractivity contribution is 5.43. The van der Waals surface area contributed by atoms with E-state index < -0.39 is 0 Å². The number of hydrogen-bond donors (Lipinski definition) is 1. The number of allylic oxidation sites excluding steroid dienone is 1. The predicted octanol–water partition coefficient (Wildman–Crippen LogP) is 3.97. The summed E-state index contributed by atoms with van der Waals surface area (Å²) in [5.41, 5.74) is 1.19. The van der Waals surface area contributed by atoms with E-state index in [1.165, 1.54) is 12.0 Å². The molecule has 0 aliphatic heterocycles. The van der Waals surface area contributed by atoms with Crippen LogP contribution in [0, 0.1) is 0 Å². The van der Waals surface area contributed by atoms with Gasteiger partial charge in [-0.3, -0.25) is 0 Å². The Hall–Kier alpha value is -1.48. The lowest BCUT2D eigenvalue weighted by atomic mass is 10.1. The molecule has 3 nitrogen and oxygen atoms in total. The molecule has 1 aromatic rings. The molecule has 1 rings (SSSR count). The van der Waals surface area contributed by atoms with E-state index in [2.05, 4.69) is 31.8 Å². The van der Waals surface area contributed by atoms with Crippen LogP contribution in [0.2, 0.25) is 0 Å². The minimum atomic E-state index is 0.600. The quantitative estimate of drug-likeness (QED) is 0.494. The molecule has 0 aliphatic rings. The fourth-order valence-corrected chi connectivity index (χ4v) is 2.03. The van der Waals surface area contributed by atoms with Crippen molar-refractivity contribution in [1.82, 2.24) is 5.32 Å². The van der Waals surface area contributed by atoms with E-state index in [1.54, 1.807) is 7.11 Å². The Morgan fingerprint density at radius 3 is 2.76 bits per heavy atom. The van der Waals surface area contributed by atoms with Gasteiger partial charge in [0.05, 0.1) is 13.7 Å². The largest absolute Gasteiger partial charge is 0.493 e. The van der Waals surface area contributed by atoms with Crippen LogP contribution in [0.1, 0.15) is 38.7 Å². The number of benzene rings is 1. The molecule has 21 heavy (non-hydrogen) atoms. The number of unbranched alkanes of at least 4 members (excludes halogenated alkanes) is 1. The molecule has 1 atom stereocenters. The van der Waals surface area contributed by atoms with Gasteiger partial charge in [-0.15, -0.1) is 6.58 Å². The molecule has 0 fully saturated rings. The molecule has 1 N–H and O–H groups in total. The first kappa shape index (κ1) is 17.6. The minimum absolute atomic E-state index is 0.600. The zero-order valence-electron chi connectivity index (χ0n) is 13.7. The Labute approximate surface area is 129 Å². The molecule has 0 spiro atoms. The van der Waals surface area contributed by atoms with Gasteiger partial charge in [0.1, 0.15) is 0 Å². The molecule has 0 heterocycles. The van der Waals surface area contributed by atoms with Crippen LogP contribution in [0.3, 0.4) is 0 Å². The maximum absolute atomic E-state index is 5.82. The van der Waals surface area contributed by atoms with Gasteiger partial charge in [-0.1, -0.05) is 19.1 Å². The van der Waals surface area contributed by atoms with Crippen molar-refractivity contribution in [2.24, 2.45) is 0 Å². The Morgan fingerprint density at radius 2 is 2.10 bits per heavy atom. The smallest absolute Gasteiger partial charge is 0.161 e. The van der Waals surface area contributed by atoms with Crippen LogP contribution in [0.25, 0.3) is 0 Å². The molecule has 0 saturated heterocycles. The highest BCUT2D eigenvalue weighted by Gasteiger charge is 2.05. The van der Waals surface area contributed by atoms with Crippen LogP contribution in [0.5, 0.6) is 11.5 Å². The molecular weight excluding hydrogens is 262 g/mol. The topological polar surface area (TPSA) is 30.5 Å². The summed E-state index contributed by atoms with van der Waals surface area (Å²) in [7, 11) is 1.68. The first-order valence-electron chi connectivity index (χ1n) is 7.85. The van der Waals surface area contributed by atoms with Gasteiger partial charge in [0.2, 0.25) is 0 Å². The van der Waals surface area contributed by atoms with E-state index in [0.717, 1.165) is 43.9 Å². The Bertz CT molecular complexity index is 418. The number of rotatable bonds is 11. The number of nitrogens with one attached hydrogen (secondary N) is 1. The summed E-state index contributed by atoms with van der Waals surface area (Å²) < 4.78 is 11.2. The van der Waals surface area contributed by atoms with Gasteiger partial charge in [-0.25, -0.2) is 0 Å². The summed E-state index contributed by atoms with van der Waals surface area (Å²) in [5, 5.41) is 3.49. The van der Waals surface area contributed by atoms with E-state index in [4.69, 9.17) is 9.47 Å². The summed E-state index contributed by atoms with van der Waals surface area (Å²) in [6, 6.07) is 6.66. The maximum atomic E-state index is 5.82. The second-order valence-electron chi connectivity index (χ2n) is 5.30. The SMILES string of the molecule is C=CCc1ccc(OCCCCN[C@@H](C)CC)c(OC)c1. The molecule has 0 amide bonds. The van der Waals surface area contributed by atoms with Gasteiger partial charge < -0.3 is 14.8 Å². The molecule has 0 aromatic heterocycles. The zero-order valence-corrected chi connectivity index (χ0v) is 13.7. The van der Waals surface area contributed by atoms with Gasteiger partial charge in [-0.05, 0) is 56.8 Å². The summed E-state index contributed by atoms with van der Waals surface area (Å²) in [4.78, 5) is 0. The molecular formula is C18H29NO2. The van der Waals surface area contributed by atoms with E-state index in [-0.39, 0.29) is 0 Å². The van der Waals surface area contributed by atoms with Crippen LogP contribution in [0.15, 0.2) is 30.9 Å². The second kappa shape index (κ2) is 10.3. The molecule has 1 aromatic carbocycles. The Kier molecular flexibility index (Phi) is 8.60. The Balaban J connectivity index is 2.32. The first-order chi connectivity index (χ1) is 10.2. The maximum Gasteiger partial charge on any atom is 0.161 e. The molecule has 0 saturated carbocycles. The molecule has 118 valence electrons. The fourth-order valence-electron chi connectivity index (χ4n) is 2.03. The van der Waals surface area contributed by atoms with Crippen LogP contribution >= 0.6 is 0 Å². The van der Waals surface area contributed by atoms with Crippen LogP contribution in [-0.2, 0) is 6.42 Å². The second-order valence-corrected chi connectivity index (χ2v) is 5.30. The third-order valence-corrected chi connectivity index (χ3v) is 3.54. The highest BCUT2D eigenvalue weighted by atomic mass is 16.5. The van der Waals surface area contributed by atoms with Crippen molar-refractivity contribution in [3.63, 3.8) is 0 Å². The van der Waals surface area contributed by atoms with Gasteiger partial charge >= 0.3 is 0 Å². The van der Waals surface area contributed by atoms with E-state index in [9.17, 15) is 0 Å². The lowest BCUT2D eigenvalue weighted by Gasteiger charge is -2.13. The summed E-state index contributed by atoms with van der Waals surface area (Å²) in [6.45, 7) is 9.94. The average Bonchev–Trinajstić information content (AvgIpc) is 2.51. The summed E-state index contributed by atoms with van der Waals surface area (Å²) >= 11 is 0. The predicted molar refractivity (Wildman–Crippen MR) is 89.4 cm³/mol. The summed E-state index contributed by atoms with van der Waals surface area (Å²) in [5.74, 6) is 1.62. The minimum Gasteiger partial charge on any atom is -0.493 e. The van der Waals surface area contributed by atoms with Crippen molar-refractivity contribution in [3.05, 3.63) is 36.4 Å². The van der Waals surface area contributed by atoms with Crippen molar-refractivity contribution < 1.29 is 9.47 Å². The lowest BCUT2D eigenvalue weighted by molar-refractivity contribution is 0.285. The van der Waals surface area contributed by atoms with Crippen LogP contribution in [-0.4, -0.2) is 26.3 Å². The van der Waals surface area contributed by atoms with E-state index in [0.29, 0.717) is 6.04 Å². The number of hydrogen-bond acceptors (Lipinski definition) is 3. The van der Waals surface area contributed by atoms with Crippen molar-refractivity contribution in [1.29, 1.82) is 0 Å². The van der Waals surface area contributed by atoms with Crippen LogP contribution < -0.4 is 14.8 Å². The van der Waals surface area contributed by atoms with E-state index >= 15 is 0 Å². The first-order valence-corrected chi connectivity index (χ1v) is 7.85. The van der Waals surface area contributed by atoms with Gasteiger partial charge in [0.25, 0.3) is 0 Å². The molecule has 0 radical (unpaired) electrons. The van der Waals surface area contributed by atoms with Crippen molar-refractivity contribution in [2.75, 3.05) is 20.3 Å². The van der Waals surface area contributed by atoms with Gasteiger partial charge in [0, 0.05) is 6.04 Å². The highest BCUT2D eigenvalue weighted by Crippen LogP contribution is 2.28. The van der Waals surface area contributed by atoms with Crippen molar-refractivity contribution in [2.45, 2.75) is 45.6 Å². The van der Waals surface area contributed by atoms with Gasteiger partial charge in [-0.2, -0.15) is 0 Å². The van der Waals surface area contributed by atoms with Crippen molar-refractivity contribution in [3.8, 4) is 11.5 Å². The number of methoxy groups -OCH3 is 1. The molecule has 3 heteroatoms. The molecule has 0 unspecified atom stereocenters. The van der Waals surface area contributed by atoms with Gasteiger partial charge in [0.15, 0.2) is 11.5 Å².